The summed E-state index contributed by atoms with van der Waals surface area (Å²) in [5.41, 5.74) is 2.62. The van der Waals surface area contributed by atoms with E-state index in [0.29, 0.717) is 11.1 Å². The lowest BCUT2D eigenvalue weighted by atomic mass is 10.2. The fourth-order valence-corrected chi connectivity index (χ4v) is 9.60. The molecule has 1 aliphatic heterocycles. The minimum absolute atomic E-state index is 0.0714. The van der Waals surface area contributed by atoms with Gasteiger partial charge in [0.25, 0.3) is 5.56 Å². The highest BCUT2D eigenvalue weighted by Gasteiger charge is 2.60. The number of benzene rings is 2. The molecule has 0 unspecified atom stereocenters. The van der Waals surface area contributed by atoms with E-state index >= 15 is 0 Å². The molecule has 0 saturated carbocycles. The number of aryl methyl sites for hydroxylation is 1. The van der Waals surface area contributed by atoms with Crippen LogP contribution in [0.15, 0.2) is 59.4 Å². The molecule has 0 radical (unpaired) electrons. The Morgan fingerprint density at radius 3 is 2.14 bits per heavy atom. The summed E-state index contributed by atoms with van der Waals surface area (Å²) in [5.74, 6) is 0.864. The summed E-state index contributed by atoms with van der Waals surface area (Å²) in [6, 6.07) is 22.4. The lowest BCUT2D eigenvalue weighted by molar-refractivity contribution is 0.684. The van der Waals surface area contributed by atoms with Gasteiger partial charge in [-0.25, -0.2) is 9.66 Å². The second-order valence-electron chi connectivity index (χ2n) is 8.12. The highest BCUT2D eigenvalue weighted by atomic mass is 28.3. The second kappa shape index (κ2) is 7.79. The molecule has 2 atom stereocenters. The van der Waals surface area contributed by atoms with Crippen molar-refractivity contribution in [2.24, 2.45) is 0 Å². The van der Waals surface area contributed by atoms with Crippen LogP contribution in [0.25, 0.3) is 10.9 Å². The number of para-hydroxylation sites is 1. The molecule has 0 N–H and O–H groups in total. The third-order valence-electron chi connectivity index (χ3n) is 7.03. The summed E-state index contributed by atoms with van der Waals surface area (Å²) in [6.45, 7) is 9.13. The Morgan fingerprint density at radius 1 is 0.897 bits per heavy atom. The topological polar surface area (TPSA) is 37.9 Å². The third-order valence-corrected chi connectivity index (χ3v) is 13.1. The summed E-state index contributed by atoms with van der Waals surface area (Å²) in [7, 11) is -1.56. The second-order valence-corrected chi connectivity index (χ2v) is 13.6. The van der Waals surface area contributed by atoms with Gasteiger partial charge < -0.3 is 0 Å². The minimum Gasteiger partial charge on any atom is -0.297 e. The predicted molar refractivity (Wildman–Crippen MR) is 124 cm³/mol. The largest absolute Gasteiger partial charge is 0.297 e. The molecule has 29 heavy (non-hydrogen) atoms. The molecule has 1 fully saturated rings. The maximum Gasteiger partial charge on any atom is 0.280 e. The van der Waals surface area contributed by atoms with Gasteiger partial charge in [-0.2, -0.15) is 0 Å². The van der Waals surface area contributed by atoms with Gasteiger partial charge in [-0.05, 0) is 17.7 Å². The van der Waals surface area contributed by atoms with Crippen LogP contribution < -0.4 is 10.6 Å². The van der Waals surface area contributed by atoms with E-state index in [9.17, 15) is 4.79 Å². The quantitative estimate of drug-likeness (QED) is 0.407. The molecule has 0 amide bonds. The molecule has 0 spiro atoms. The van der Waals surface area contributed by atoms with Crippen LogP contribution in [0.4, 0.5) is 0 Å². The fraction of sp³-hybridized carbons (Fsp3) is 0.417. The Labute approximate surface area is 174 Å². The molecule has 1 aromatic heterocycles. The van der Waals surface area contributed by atoms with Gasteiger partial charge in [0.2, 0.25) is 0 Å². The Balaban J connectivity index is 1.92. The first-order valence-corrected chi connectivity index (χ1v) is 13.7. The van der Waals surface area contributed by atoms with Crippen LogP contribution in [0, 0.1) is 0 Å². The first kappa shape index (κ1) is 19.9. The van der Waals surface area contributed by atoms with Gasteiger partial charge in [-0.3, -0.25) is 9.80 Å². The smallest absolute Gasteiger partial charge is 0.280 e. The Kier molecular flexibility index (Phi) is 5.34. The van der Waals surface area contributed by atoms with Crippen LogP contribution in [0.2, 0.25) is 18.1 Å². The van der Waals surface area contributed by atoms with Gasteiger partial charge in [-0.1, -0.05) is 88.3 Å². The fourth-order valence-electron chi connectivity index (χ4n) is 5.08. The van der Waals surface area contributed by atoms with Crippen molar-refractivity contribution < 1.29 is 0 Å². The number of rotatable bonds is 7. The molecule has 2 heterocycles. The van der Waals surface area contributed by atoms with Crippen molar-refractivity contribution in [3.05, 3.63) is 76.3 Å². The van der Waals surface area contributed by atoms with Crippen molar-refractivity contribution in [2.45, 2.75) is 64.0 Å². The number of hydrogen-bond donors (Lipinski definition) is 0. The molecule has 5 heteroatoms. The van der Waals surface area contributed by atoms with Crippen LogP contribution >= 0.6 is 0 Å². The van der Waals surface area contributed by atoms with Crippen molar-refractivity contribution in [3.8, 4) is 0 Å². The van der Waals surface area contributed by atoms with Crippen LogP contribution in [0.3, 0.4) is 0 Å². The zero-order chi connectivity index (χ0) is 20.6. The minimum atomic E-state index is -1.56. The van der Waals surface area contributed by atoms with Crippen LogP contribution in [0.5, 0.6) is 0 Å². The van der Waals surface area contributed by atoms with Crippen LogP contribution in [-0.2, 0) is 6.42 Å². The number of aromatic nitrogens is 2. The molecule has 1 saturated heterocycles. The van der Waals surface area contributed by atoms with E-state index in [-0.39, 0.29) is 11.6 Å². The average Bonchev–Trinajstić information content (AvgIpc) is 3.51. The molecule has 152 valence electrons. The van der Waals surface area contributed by atoms with Crippen molar-refractivity contribution >= 4 is 19.0 Å². The zero-order valence-corrected chi connectivity index (χ0v) is 18.9. The van der Waals surface area contributed by atoms with Crippen LogP contribution in [0.1, 0.15) is 45.1 Å². The molecule has 1 aliphatic rings. The molecular weight excluding hydrogens is 374 g/mol. The average molecular weight is 406 g/mol. The van der Waals surface area contributed by atoms with Crippen molar-refractivity contribution in [2.75, 3.05) is 5.01 Å². The molecule has 3 aromatic rings. The van der Waals surface area contributed by atoms with Crippen molar-refractivity contribution in [1.29, 1.82) is 0 Å². The normalized spacial score (nSPS) is 19.0. The van der Waals surface area contributed by atoms with Gasteiger partial charge in [-0.15, -0.1) is 0 Å². The van der Waals surface area contributed by atoms with Gasteiger partial charge in [0.15, 0.2) is 0 Å². The van der Waals surface area contributed by atoms with Gasteiger partial charge >= 0.3 is 0 Å². The van der Waals surface area contributed by atoms with E-state index in [0.717, 1.165) is 17.8 Å². The number of nitrogens with zero attached hydrogens (tertiary/aromatic N) is 3. The molecular formula is C24H31N3OSi. The molecule has 2 aromatic carbocycles. The maximum absolute atomic E-state index is 13.6. The standard InChI is InChI=1S/C24H31N3OSi/c1-5-21-25-20-17-13-12-16-19(20)23(28)26(21)27-22(18-14-10-9-11-15-18)24(27)29(6-2,7-3)8-4/h9-17,22,24H,5-8H2,1-4H3/t22-,24-,27?/m0/s1. The summed E-state index contributed by atoms with van der Waals surface area (Å²) in [6.07, 6.45) is 0.740. The summed E-state index contributed by atoms with van der Waals surface area (Å²) in [5, 5.41) is 3.08. The predicted octanol–water partition coefficient (Wildman–Crippen LogP) is 5.07. The Hall–Kier alpha value is -2.40. The Bertz CT molecular complexity index is 1050. The Morgan fingerprint density at radius 2 is 1.52 bits per heavy atom. The van der Waals surface area contributed by atoms with E-state index in [1.54, 1.807) is 0 Å². The van der Waals surface area contributed by atoms with E-state index in [4.69, 9.17) is 4.98 Å². The molecule has 0 bridgehead atoms. The maximum atomic E-state index is 13.6. The zero-order valence-electron chi connectivity index (χ0n) is 17.9. The highest BCUT2D eigenvalue weighted by molar-refractivity contribution is 6.82. The van der Waals surface area contributed by atoms with E-state index in [1.807, 2.05) is 28.9 Å². The van der Waals surface area contributed by atoms with E-state index in [1.165, 1.54) is 23.7 Å². The van der Waals surface area contributed by atoms with Gasteiger partial charge in [0, 0.05) is 6.42 Å². The molecule has 0 aliphatic carbocycles. The molecule has 4 nitrogen and oxygen atoms in total. The first-order valence-electron chi connectivity index (χ1n) is 11.0. The van der Waals surface area contributed by atoms with Gasteiger partial charge in [0.05, 0.1) is 30.7 Å². The summed E-state index contributed by atoms with van der Waals surface area (Å²) >= 11 is 0. The van der Waals surface area contributed by atoms with Crippen molar-refractivity contribution in [1.82, 2.24) is 9.66 Å². The number of fused-ring (bicyclic) bond motifs is 1. The summed E-state index contributed by atoms with van der Waals surface area (Å²) in [4.78, 5) is 18.5. The molecule has 4 rings (SSSR count). The summed E-state index contributed by atoms with van der Waals surface area (Å²) < 4.78 is 1.92. The third kappa shape index (κ3) is 3.12. The lowest BCUT2D eigenvalue weighted by Gasteiger charge is -2.28. The van der Waals surface area contributed by atoms with Gasteiger partial charge in [0.1, 0.15) is 5.82 Å². The lowest BCUT2D eigenvalue weighted by Crippen LogP contribution is -2.45. The van der Waals surface area contributed by atoms with Crippen LogP contribution in [-0.4, -0.2) is 23.4 Å². The van der Waals surface area contributed by atoms with E-state index in [2.05, 4.69) is 63.0 Å². The first-order chi connectivity index (χ1) is 14.1. The SMILES string of the molecule is CCc1nc2ccccc2c(=O)n1N1[C@@H](c2ccccc2)[C@@H]1[Si](CC)(CC)CC. The van der Waals surface area contributed by atoms with E-state index < -0.39 is 8.07 Å². The highest BCUT2D eigenvalue weighted by Crippen LogP contribution is 2.49. The van der Waals surface area contributed by atoms with Crippen molar-refractivity contribution in [3.63, 3.8) is 0 Å². The monoisotopic (exact) mass is 405 g/mol. The number of hydrogen-bond acceptors (Lipinski definition) is 3.